The summed E-state index contributed by atoms with van der Waals surface area (Å²) in [5.41, 5.74) is 15.3. The summed E-state index contributed by atoms with van der Waals surface area (Å²) in [6, 6.07) is 7.80. The number of hydrogen-bond donors (Lipinski definition) is 2. The smallest absolute Gasteiger partial charge is 0.0346 e. The Labute approximate surface area is 87.2 Å². The van der Waals surface area contributed by atoms with E-state index in [1.165, 1.54) is 10.4 Å². The van der Waals surface area contributed by atoms with Crippen molar-refractivity contribution < 1.29 is 0 Å². The first-order valence-corrected chi connectivity index (χ1v) is 5.24. The van der Waals surface area contributed by atoms with Crippen molar-refractivity contribution in [3.05, 3.63) is 35.2 Å². The number of benzene rings is 1. The third-order valence-corrected chi connectivity index (χ3v) is 3.09. The monoisotopic (exact) mass is 204 g/mol. The molecule has 0 aliphatic heterocycles. The molecule has 0 atom stereocenters. The lowest BCUT2D eigenvalue weighted by Crippen LogP contribution is -1.90. The highest BCUT2D eigenvalue weighted by Crippen LogP contribution is 2.29. The van der Waals surface area contributed by atoms with Crippen LogP contribution in [-0.2, 0) is 0 Å². The fourth-order valence-corrected chi connectivity index (χ4v) is 2.29. The number of aryl methyl sites for hydroxylation is 1. The van der Waals surface area contributed by atoms with Gasteiger partial charge >= 0.3 is 0 Å². The van der Waals surface area contributed by atoms with Crippen LogP contribution in [0.4, 0.5) is 11.4 Å². The summed E-state index contributed by atoms with van der Waals surface area (Å²) in [4.78, 5) is 1.21. The third kappa shape index (κ3) is 1.72. The maximum absolute atomic E-state index is 5.73. The molecule has 0 saturated heterocycles. The third-order valence-electron chi connectivity index (χ3n) is 1.99. The topological polar surface area (TPSA) is 52.0 Å². The van der Waals surface area contributed by atoms with Gasteiger partial charge in [0.05, 0.1) is 0 Å². The van der Waals surface area contributed by atoms with Gasteiger partial charge in [0.15, 0.2) is 0 Å². The molecule has 0 aliphatic rings. The van der Waals surface area contributed by atoms with Gasteiger partial charge in [-0.25, -0.2) is 0 Å². The number of rotatable bonds is 1. The molecule has 4 N–H and O–H groups in total. The second-order valence-electron chi connectivity index (χ2n) is 3.38. The van der Waals surface area contributed by atoms with Gasteiger partial charge in [0.2, 0.25) is 0 Å². The van der Waals surface area contributed by atoms with Gasteiger partial charge in [0.25, 0.3) is 0 Å². The average molecular weight is 204 g/mol. The van der Waals surface area contributed by atoms with Gasteiger partial charge < -0.3 is 11.5 Å². The van der Waals surface area contributed by atoms with Gasteiger partial charge in [-0.1, -0.05) is 0 Å². The molecule has 1 aromatic heterocycles. The van der Waals surface area contributed by atoms with Crippen molar-refractivity contribution in [2.75, 3.05) is 11.5 Å². The van der Waals surface area contributed by atoms with E-state index in [-0.39, 0.29) is 0 Å². The Morgan fingerprint density at radius 2 is 1.64 bits per heavy atom. The number of hydrogen-bond acceptors (Lipinski definition) is 3. The number of nitrogen functional groups attached to an aromatic ring is 2. The van der Waals surface area contributed by atoms with E-state index in [1.807, 2.05) is 12.1 Å². The molecular formula is C11H12N2S. The van der Waals surface area contributed by atoms with Gasteiger partial charge in [0.1, 0.15) is 0 Å². The van der Waals surface area contributed by atoms with Crippen LogP contribution >= 0.6 is 11.3 Å². The summed E-state index contributed by atoms with van der Waals surface area (Å²) < 4.78 is 0. The van der Waals surface area contributed by atoms with E-state index in [0.29, 0.717) is 11.4 Å². The molecule has 0 spiro atoms. The van der Waals surface area contributed by atoms with Gasteiger partial charge in [-0.05, 0) is 47.7 Å². The zero-order chi connectivity index (χ0) is 10.1. The summed E-state index contributed by atoms with van der Waals surface area (Å²) in [5, 5.41) is 2.12. The SMILES string of the molecule is Cc1csc(-c2cc(N)cc(N)c2)c1. The quantitative estimate of drug-likeness (QED) is 0.702. The van der Waals surface area contributed by atoms with E-state index >= 15 is 0 Å². The Kier molecular flexibility index (Phi) is 2.17. The minimum atomic E-state index is 0.714. The molecule has 1 aromatic carbocycles. The molecule has 14 heavy (non-hydrogen) atoms. The molecule has 0 aliphatic carbocycles. The predicted molar refractivity (Wildman–Crippen MR) is 63.3 cm³/mol. The minimum absolute atomic E-state index is 0.714. The van der Waals surface area contributed by atoms with Crippen molar-refractivity contribution in [1.29, 1.82) is 0 Å². The molecule has 0 radical (unpaired) electrons. The van der Waals surface area contributed by atoms with Crippen molar-refractivity contribution in [3.8, 4) is 10.4 Å². The summed E-state index contributed by atoms with van der Waals surface area (Å²) in [6.07, 6.45) is 0. The van der Waals surface area contributed by atoms with Crippen LogP contribution in [0.2, 0.25) is 0 Å². The van der Waals surface area contributed by atoms with Crippen LogP contribution < -0.4 is 11.5 Å². The fraction of sp³-hybridized carbons (Fsp3) is 0.0909. The van der Waals surface area contributed by atoms with Crippen molar-refractivity contribution in [2.45, 2.75) is 6.92 Å². The molecule has 0 bridgehead atoms. The minimum Gasteiger partial charge on any atom is -0.399 e. The summed E-state index contributed by atoms with van der Waals surface area (Å²) in [7, 11) is 0. The van der Waals surface area contributed by atoms with Gasteiger partial charge in [-0.2, -0.15) is 0 Å². The molecule has 0 unspecified atom stereocenters. The highest BCUT2D eigenvalue weighted by Gasteiger charge is 2.02. The Balaban J connectivity index is 2.51. The van der Waals surface area contributed by atoms with Crippen LogP contribution in [0.5, 0.6) is 0 Å². The lowest BCUT2D eigenvalue weighted by molar-refractivity contribution is 1.55. The molecular weight excluding hydrogens is 192 g/mol. The van der Waals surface area contributed by atoms with Crippen LogP contribution in [0.1, 0.15) is 5.56 Å². The van der Waals surface area contributed by atoms with Gasteiger partial charge in [-0.3, -0.25) is 0 Å². The Morgan fingerprint density at radius 3 is 2.14 bits per heavy atom. The number of nitrogens with two attached hydrogens (primary N) is 2. The molecule has 0 fully saturated rings. The lowest BCUT2D eigenvalue weighted by Gasteiger charge is -2.01. The normalized spacial score (nSPS) is 10.4. The Bertz CT molecular complexity index is 440. The fourth-order valence-electron chi connectivity index (χ4n) is 1.40. The van der Waals surface area contributed by atoms with E-state index in [1.54, 1.807) is 17.4 Å². The van der Waals surface area contributed by atoms with E-state index in [2.05, 4.69) is 18.4 Å². The highest BCUT2D eigenvalue weighted by atomic mass is 32.1. The van der Waals surface area contributed by atoms with Crippen molar-refractivity contribution in [1.82, 2.24) is 0 Å². The molecule has 1 heterocycles. The van der Waals surface area contributed by atoms with Crippen molar-refractivity contribution in [2.24, 2.45) is 0 Å². The molecule has 2 nitrogen and oxygen atoms in total. The highest BCUT2D eigenvalue weighted by molar-refractivity contribution is 7.13. The number of thiophene rings is 1. The summed E-state index contributed by atoms with van der Waals surface area (Å²) in [5.74, 6) is 0. The van der Waals surface area contributed by atoms with Gasteiger partial charge in [-0.15, -0.1) is 11.3 Å². The molecule has 0 amide bonds. The molecule has 2 rings (SSSR count). The Hall–Kier alpha value is -1.48. The van der Waals surface area contributed by atoms with Crippen LogP contribution in [0.15, 0.2) is 29.6 Å². The second-order valence-corrected chi connectivity index (χ2v) is 4.29. The zero-order valence-electron chi connectivity index (χ0n) is 7.95. The Morgan fingerprint density at radius 1 is 1.00 bits per heavy atom. The summed E-state index contributed by atoms with van der Waals surface area (Å²) >= 11 is 1.71. The molecule has 3 heteroatoms. The van der Waals surface area contributed by atoms with Crippen LogP contribution in [0.3, 0.4) is 0 Å². The van der Waals surface area contributed by atoms with Crippen LogP contribution in [-0.4, -0.2) is 0 Å². The largest absolute Gasteiger partial charge is 0.399 e. The van der Waals surface area contributed by atoms with E-state index in [0.717, 1.165) is 5.56 Å². The van der Waals surface area contributed by atoms with Crippen molar-refractivity contribution in [3.63, 3.8) is 0 Å². The predicted octanol–water partition coefficient (Wildman–Crippen LogP) is 2.89. The standard InChI is InChI=1S/C11H12N2S/c1-7-2-11(14-6-7)8-3-9(12)5-10(13)4-8/h2-6H,12-13H2,1H3. The number of anilines is 2. The first-order chi connectivity index (χ1) is 6.65. The van der Waals surface area contributed by atoms with Crippen LogP contribution in [0.25, 0.3) is 10.4 Å². The molecule has 0 saturated carbocycles. The van der Waals surface area contributed by atoms with E-state index in [4.69, 9.17) is 11.5 Å². The maximum Gasteiger partial charge on any atom is 0.0346 e. The van der Waals surface area contributed by atoms with E-state index in [9.17, 15) is 0 Å². The zero-order valence-corrected chi connectivity index (χ0v) is 8.77. The van der Waals surface area contributed by atoms with Crippen molar-refractivity contribution >= 4 is 22.7 Å². The first kappa shape index (κ1) is 9.09. The first-order valence-electron chi connectivity index (χ1n) is 4.37. The van der Waals surface area contributed by atoms with Crippen LogP contribution in [0, 0.1) is 6.92 Å². The second kappa shape index (κ2) is 3.35. The van der Waals surface area contributed by atoms with E-state index < -0.39 is 0 Å². The maximum atomic E-state index is 5.73. The molecule has 2 aromatic rings. The summed E-state index contributed by atoms with van der Waals surface area (Å²) in [6.45, 7) is 2.08. The molecule has 72 valence electrons. The van der Waals surface area contributed by atoms with Gasteiger partial charge in [0, 0.05) is 16.3 Å². The average Bonchev–Trinajstić information content (AvgIpc) is 2.50. The lowest BCUT2D eigenvalue weighted by atomic mass is 10.1.